The van der Waals surface area contributed by atoms with E-state index in [2.05, 4.69) is 27.8 Å². The predicted octanol–water partition coefficient (Wildman–Crippen LogP) is 2.24. The van der Waals surface area contributed by atoms with Gasteiger partial charge in [-0.15, -0.1) is 0 Å². The summed E-state index contributed by atoms with van der Waals surface area (Å²) in [6, 6.07) is 1.50. The molecular formula is C12H18BrN3O2S. The molecule has 5 nitrogen and oxygen atoms in total. The second kappa shape index (κ2) is 5.38. The molecule has 106 valence electrons. The Kier molecular flexibility index (Phi) is 4.17. The summed E-state index contributed by atoms with van der Waals surface area (Å²) in [5.74, 6) is 0.401. The first-order valence-electron chi connectivity index (χ1n) is 6.27. The second-order valence-corrected chi connectivity index (χ2v) is 7.79. The largest absolute Gasteiger partial charge is 0.383 e. The van der Waals surface area contributed by atoms with Crippen LogP contribution in [0.1, 0.15) is 26.7 Å². The quantitative estimate of drug-likeness (QED) is 0.889. The van der Waals surface area contributed by atoms with Gasteiger partial charge in [-0.1, -0.05) is 6.92 Å². The summed E-state index contributed by atoms with van der Waals surface area (Å²) in [5, 5.41) is 0. The number of hydrogen-bond donors (Lipinski definition) is 1. The van der Waals surface area contributed by atoms with E-state index in [1.807, 2.05) is 6.92 Å². The Bertz CT molecular complexity index is 576. The van der Waals surface area contributed by atoms with Crippen molar-refractivity contribution < 1.29 is 8.42 Å². The maximum Gasteiger partial charge on any atom is 0.247 e. The van der Waals surface area contributed by atoms with E-state index in [9.17, 15) is 8.42 Å². The Morgan fingerprint density at radius 1 is 1.47 bits per heavy atom. The number of nitrogens with two attached hydrogens (primary N) is 1. The molecule has 2 atom stereocenters. The maximum absolute atomic E-state index is 12.7. The summed E-state index contributed by atoms with van der Waals surface area (Å²) in [7, 11) is -3.58. The molecule has 2 unspecified atom stereocenters. The molecule has 1 saturated heterocycles. The Labute approximate surface area is 122 Å². The maximum atomic E-state index is 12.7. The fourth-order valence-corrected chi connectivity index (χ4v) is 4.74. The average Bonchev–Trinajstić information content (AvgIpc) is 2.35. The number of nitrogens with zero attached hydrogens (tertiary/aromatic N) is 2. The summed E-state index contributed by atoms with van der Waals surface area (Å²) in [6.45, 7) is 4.57. The summed E-state index contributed by atoms with van der Waals surface area (Å²) < 4.78 is 27.6. The SMILES string of the molecule is CC1CCCN(S(=O)(=O)c2cc(Br)cnc2N)C1C. The van der Waals surface area contributed by atoms with Gasteiger partial charge in [0, 0.05) is 23.3 Å². The number of piperidine rings is 1. The number of halogens is 1. The molecule has 0 amide bonds. The smallest absolute Gasteiger partial charge is 0.247 e. The normalized spacial score (nSPS) is 25.4. The lowest BCUT2D eigenvalue weighted by Crippen LogP contribution is -2.46. The molecule has 19 heavy (non-hydrogen) atoms. The third-order valence-corrected chi connectivity index (χ3v) is 6.20. The van der Waals surface area contributed by atoms with E-state index in [-0.39, 0.29) is 16.8 Å². The van der Waals surface area contributed by atoms with Gasteiger partial charge in [-0.05, 0) is 47.7 Å². The van der Waals surface area contributed by atoms with Crippen molar-refractivity contribution in [3.05, 3.63) is 16.7 Å². The first kappa shape index (κ1) is 14.7. The first-order chi connectivity index (χ1) is 8.84. The highest BCUT2D eigenvalue weighted by atomic mass is 79.9. The Morgan fingerprint density at radius 3 is 2.84 bits per heavy atom. The van der Waals surface area contributed by atoms with Crippen LogP contribution in [0.5, 0.6) is 0 Å². The average molecular weight is 348 g/mol. The highest BCUT2D eigenvalue weighted by Crippen LogP contribution is 2.31. The zero-order valence-electron chi connectivity index (χ0n) is 11.0. The van der Waals surface area contributed by atoms with Gasteiger partial charge in [0.15, 0.2) is 0 Å². The van der Waals surface area contributed by atoms with Gasteiger partial charge < -0.3 is 5.73 Å². The van der Waals surface area contributed by atoms with E-state index < -0.39 is 10.0 Å². The third-order valence-electron chi connectivity index (χ3n) is 3.75. The lowest BCUT2D eigenvalue weighted by atomic mass is 9.94. The van der Waals surface area contributed by atoms with Gasteiger partial charge in [-0.25, -0.2) is 13.4 Å². The van der Waals surface area contributed by atoms with Gasteiger partial charge in [0.05, 0.1) is 0 Å². The number of sulfonamides is 1. The fraction of sp³-hybridized carbons (Fsp3) is 0.583. The summed E-state index contributed by atoms with van der Waals surface area (Å²) in [4.78, 5) is 3.99. The molecule has 1 aromatic rings. The molecular weight excluding hydrogens is 330 g/mol. The van der Waals surface area contributed by atoms with Crippen LogP contribution in [-0.2, 0) is 10.0 Å². The first-order valence-corrected chi connectivity index (χ1v) is 8.50. The highest BCUT2D eigenvalue weighted by Gasteiger charge is 2.35. The second-order valence-electron chi connectivity index (χ2n) is 5.01. The zero-order chi connectivity index (χ0) is 14.2. The lowest BCUT2D eigenvalue weighted by molar-refractivity contribution is 0.202. The summed E-state index contributed by atoms with van der Waals surface area (Å²) in [6.07, 6.45) is 3.43. The summed E-state index contributed by atoms with van der Waals surface area (Å²) >= 11 is 3.24. The molecule has 1 aliphatic rings. The van der Waals surface area contributed by atoms with Crippen molar-refractivity contribution in [3.8, 4) is 0 Å². The molecule has 0 aromatic carbocycles. The topological polar surface area (TPSA) is 76.3 Å². The standard InChI is InChI=1S/C12H18BrN3O2S/c1-8-4-3-5-16(9(8)2)19(17,18)11-6-10(13)7-15-12(11)14/h6-9H,3-5H2,1-2H3,(H2,14,15). The van der Waals surface area contributed by atoms with Crippen molar-refractivity contribution >= 4 is 31.8 Å². The minimum absolute atomic E-state index is 0.0165. The van der Waals surface area contributed by atoms with Crippen LogP contribution >= 0.6 is 15.9 Å². The van der Waals surface area contributed by atoms with E-state index in [1.54, 1.807) is 4.31 Å². The van der Waals surface area contributed by atoms with Crippen LogP contribution in [0, 0.1) is 5.92 Å². The van der Waals surface area contributed by atoms with Crippen molar-refractivity contribution in [3.63, 3.8) is 0 Å². The molecule has 1 aliphatic heterocycles. The number of anilines is 1. The third kappa shape index (κ3) is 2.78. The number of aromatic nitrogens is 1. The van der Waals surface area contributed by atoms with Crippen LogP contribution in [0.3, 0.4) is 0 Å². The molecule has 1 aromatic heterocycles. The zero-order valence-corrected chi connectivity index (χ0v) is 13.4. The molecule has 0 spiro atoms. The van der Waals surface area contributed by atoms with Gasteiger partial charge >= 0.3 is 0 Å². The molecule has 2 N–H and O–H groups in total. The van der Waals surface area contributed by atoms with E-state index in [4.69, 9.17) is 5.73 Å². The molecule has 2 heterocycles. The molecule has 0 radical (unpaired) electrons. The number of rotatable bonds is 2. The molecule has 0 bridgehead atoms. The molecule has 2 rings (SSSR count). The van der Waals surface area contributed by atoms with Crippen LogP contribution in [0.4, 0.5) is 5.82 Å². The van der Waals surface area contributed by atoms with Gasteiger partial charge in [-0.3, -0.25) is 0 Å². The number of pyridine rings is 1. The number of nitrogen functional groups attached to an aromatic ring is 1. The molecule has 1 fully saturated rings. The van der Waals surface area contributed by atoms with Crippen LogP contribution < -0.4 is 5.73 Å². The van der Waals surface area contributed by atoms with Crippen LogP contribution in [-0.4, -0.2) is 30.3 Å². The van der Waals surface area contributed by atoms with Gasteiger partial charge in [0.25, 0.3) is 0 Å². The highest BCUT2D eigenvalue weighted by molar-refractivity contribution is 9.10. The van der Waals surface area contributed by atoms with Crippen molar-refractivity contribution in [2.24, 2.45) is 5.92 Å². The van der Waals surface area contributed by atoms with E-state index in [0.29, 0.717) is 16.9 Å². The van der Waals surface area contributed by atoms with Crippen molar-refractivity contribution in [1.82, 2.24) is 9.29 Å². The van der Waals surface area contributed by atoms with E-state index in [1.165, 1.54) is 12.3 Å². The van der Waals surface area contributed by atoms with Crippen molar-refractivity contribution in [2.45, 2.75) is 37.6 Å². The fourth-order valence-electron chi connectivity index (χ4n) is 2.40. The minimum Gasteiger partial charge on any atom is -0.383 e. The predicted molar refractivity (Wildman–Crippen MR) is 78.1 cm³/mol. The summed E-state index contributed by atoms with van der Waals surface area (Å²) in [5.41, 5.74) is 5.72. The van der Waals surface area contributed by atoms with Crippen LogP contribution in [0.2, 0.25) is 0 Å². The van der Waals surface area contributed by atoms with Gasteiger partial charge in [0.2, 0.25) is 10.0 Å². The molecule has 0 aliphatic carbocycles. The van der Waals surface area contributed by atoms with Crippen LogP contribution in [0.15, 0.2) is 21.6 Å². The van der Waals surface area contributed by atoms with E-state index in [0.717, 1.165) is 12.8 Å². The van der Waals surface area contributed by atoms with Crippen LogP contribution in [0.25, 0.3) is 0 Å². The van der Waals surface area contributed by atoms with Gasteiger partial charge in [-0.2, -0.15) is 4.31 Å². The Morgan fingerprint density at radius 2 is 2.16 bits per heavy atom. The van der Waals surface area contributed by atoms with Gasteiger partial charge in [0.1, 0.15) is 10.7 Å². The van der Waals surface area contributed by atoms with E-state index >= 15 is 0 Å². The van der Waals surface area contributed by atoms with Crippen molar-refractivity contribution in [2.75, 3.05) is 12.3 Å². The monoisotopic (exact) mass is 347 g/mol. The number of hydrogen-bond acceptors (Lipinski definition) is 4. The molecule has 7 heteroatoms. The minimum atomic E-state index is -3.58. The molecule has 0 saturated carbocycles. The Balaban J connectivity index is 2.44. The Hall–Kier alpha value is -0.660. The van der Waals surface area contributed by atoms with Crippen molar-refractivity contribution in [1.29, 1.82) is 0 Å². The lowest BCUT2D eigenvalue weighted by Gasteiger charge is -2.36.